The maximum atomic E-state index is 10.8. The van der Waals surface area contributed by atoms with Crippen molar-refractivity contribution in [3.8, 4) is 0 Å². The van der Waals surface area contributed by atoms with Crippen LogP contribution in [0.4, 0.5) is 0 Å². The summed E-state index contributed by atoms with van der Waals surface area (Å²) in [6.45, 7) is 4.75. The van der Waals surface area contributed by atoms with E-state index < -0.39 is 0 Å². The molecule has 3 aromatic rings. The van der Waals surface area contributed by atoms with Crippen LogP contribution in [0.1, 0.15) is 36.1 Å². The van der Waals surface area contributed by atoms with Crippen molar-refractivity contribution in [1.29, 1.82) is 0 Å². The van der Waals surface area contributed by atoms with E-state index in [1.807, 2.05) is 6.20 Å². The second kappa shape index (κ2) is 7.56. The van der Waals surface area contributed by atoms with Gasteiger partial charge in [-0.2, -0.15) is 0 Å². The number of aliphatic hydroxyl groups excluding tert-OH is 1. The summed E-state index contributed by atoms with van der Waals surface area (Å²) in [7, 11) is 0. The van der Waals surface area contributed by atoms with E-state index in [9.17, 15) is 5.11 Å². The van der Waals surface area contributed by atoms with Gasteiger partial charge in [0.2, 0.25) is 0 Å². The lowest BCUT2D eigenvalue weighted by Crippen LogP contribution is -2.42. The molecule has 1 saturated heterocycles. The fourth-order valence-corrected chi connectivity index (χ4v) is 4.05. The summed E-state index contributed by atoms with van der Waals surface area (Å²) in [6, 6.07) is 19.3. The zero-order valence-corrected chi connectivity index (χ0v) is 15.3. The molecule has 0 aliphatic carbocycles. The van der Waals surface area contributed by atoms with E-state index >= 15 is 0 Å². The molecule has 0 bridgehead atoms. The average molecular weight is 346 g/mol. The molecule has 2 atom stereocenters. The Hall–Kier alpha value is -2.23. The highest BCUT2D eigenvalue weighted by Gasteiger charge is 2.29. The van der Waals surface area contributed by atoms with Crippen molar-refractivity contribution in [1.82, 2.24) is 9.88 Å². The number of aromatic nitrogens is 1. The van der Waals surface area contributed by atoms with Crippen LogP contribution in [0.15, 0.2) is 60.8 Å². The molecule has 1 N–H and O–H groups in total. The zero-order valence-electron chi connectivity index (χ0n) is 15.3. The molecule has 0 saturated carbocycles. The van der Waals surface area contributed by atoms with Crippen LogP contribution in [-0.2, 0) is 13.0 Å². The number of aryl methyl sites for hydroxylation is 1. The number of nitrogens with zero attached hydrogens (tertiary/aromatic N) is 2. The molecule has 2 aromatic carbocycles. The van der Waals surface area contributed by atoms with Gasteiger partial charge in [-0.05, 0) is 53.4 Å². The third-order valence-electron chi connectivity index (χ3n) is 5.52. The standard InChI is InChI=1S/C23H26N2O/c1-2-21-13-17(9-11-24-21)15-25-12-10-22(23(26)16-25)20-8-7-18-5-3-4-6-19(18)14-20/h3-9,11,13-14,22-23,26H,2,10,12,15-16H2,1H3. The number of aliphatic hydroxyl groups is 1. The first-order valence-electron chi connectivity index (χ1n) is 9.56. The lowest BCUT2D eigenvalue weighted by molar-refractivity contribution is 0.0477. The third-order valence-corrected chi connectivity index (χ3v) is 5.52. The van der Waals surface area contributed by atoms with E-state index in [0.29, 0.717) is 0 Å². The highest BCUT2D eigenvalue weighted by Crippen LogP contribution is 2.31. The Morgan fingerprint density at radius 2 is 1.92 bits per heavy atom. The van der Waals surface area contributed by atoms with Crippen molar-refractivity contribution in [3.63, 3.8) is 0 Å². The molecule has 3 heteroatoms. The molecule has 0 radical (unpaired) electrons. The molecule has 134 valence electrons. The largest absolute Gasteiger partial charge is 0.391 e. The Kier molecular flexibility index (Phi) is 5.00. The number of β-amino-alcohol motifs (C(OH)–C–C–N with tert-alkyl or cyclic N) is 1. The van der Waals surface area contributed by atoms with E-state index in [1.54, 1.807) is 0 Å². The van der Waals surface area contributed by atoms with Gasteiger partial charge in [-0.25, -0.2) is 0 Å². The van der Waals surface area contributed by atoms with Crippen molar-refractivity contribution in [2.24, 2.45) is 0 Å². The molecular weight excluding hydrogens is 320 g/mol. The first-order valence-corrected chi connectivity index (χ1v) is 9.56. The summed E-state index contributed by atoms with van der Waals surface area (Å²) in [4.78, 5) is 6.73. The summed E-state index contributed by atoms with van der Waals surface area (Å²) in [5.41, 5.74) is 3.68. The summed E-state index contributed by atoms with van der Waals surface area (Å²) in [6.07, 6.45) is 3.52. The van der Waals surface area contributed by atoms with E-state index in [4.69, 9.17) is 0 Å². The Bertz CT molecular complexity index is 892. The van der Waals surface area contributed by atoms with Gasteiger partial charge in [-0.3, -0.25) is 9.88 Å². The molecule has 3 nitrogen and oxygen atoms in total. The van der Waals surface area contributed by atoms with E-state index in [2.05, 4.69) is 71.4 Å². The Morgan fingerprint density at radius 1 is 1.08 bits per heavy atom. The maximum Gasteiger partial charge on any atom is 0.0736 e. The number of benzene rings is 2. The highest BCUT2D eigenvalue weighted by atomic mass is 16.3. The predicted molar refractivity (Wildman–Crippen MR) is 106 cm³/mol. The van der Waals surface area contributed by atoms with Gasteiger partial charge < -0.3 is 5.11 Å². The summed E-state index contributed by atoms with van der Waals surface area (Å²) in [5, 5.41) is 13.3. The van der Waals surface area contributed by atoms with Crippen LogP contribution in [-0.4, -0.2) is 34.2 Å². The summed E-state index contributed by atoms with van der Waals surface area (Å²) < 4.78 is 0. The smallest absolute Gasteiger partial charge is 0.0736 e. The molecule has 4 rings (SSSR count). The van der Waals surface area contributed by atoms with Gasteiger partial charge in [0.15, 0.2) is 0 Å². The van der Waals surface area contributed by atoms with Gasteiger partial charge in [-0.1, -0.05) is 49.4 Å². The van der Waals surface area contributed by atoms with Crippen molar-refractivity contribution in [2.45, 2.75) is 38.3 Å². The molecular formula is C23H26N2O. The zero-order chi connectivity index (χ0) is 17.9. The Labute approximate surface area is 155 Å². The van der Waals surface area contributed by atoms with Crippen molar-refractivity contribution >= 4 is 10.8 Å². The number of pyridine rings is 1. The normalized spacial score (nSPS) is 21.2. The van der Waals surface area contributed by atoms with Gasteiger partial charge in [-0.15, -0.1) is 0 Å². The van der Waals surface area contributed by atoms with Crippen LogP contribution in [0.25, 0.3) is 10.8 Å². The maximum absolute atomic E-state index is 10.8. The topological polar surface area (TPSA) is 36.4 Å². The van der Waals surface area contributed by atoms with Gasteiger partial charge in [0.05, 0.1) is 6.10 Å². The molecule has 2 unspecified atom stereocenters. The number of rotatable bonds is 4. The second-order valence-corrected chi connectivity index (χ2v) is 7.31. The van der Waals surface area contributed by atoms with Crippen molar-refractivity contribution < 1.29 is 5.11 Å². The van der Waals surface area contributed by atoms with Crippen LogP contribution in [0, 0.1) is 0 Å². The van der Waals surface area contributed by atoms with Gasteiger partial charge in [0.1, 0.15) is 0 Å². The molecule has 0 spiro atoms. The van der Waals surface area contributed by atoms with Crippen molar-refractivity contribution in [3.05, 3.63) is 77.6 Å². The molecule has 1 fully saturated rings. The minimum absolute atomic E-state index is 0.222. The summed E-state index contributed by atoms with van der Waals surface area (Å²) in [5.74, 6) is 0.222. The fraction of sp³-hybridized carbons (Fsp3) is 0.348. The van der Waals surface area contributed by atoms with E-state index in [1.165, 1.54) is 21.9 Å². The molecule has 2 heterocycles. The minimum Gasteiger partial charge on any atom is -0.391 e. The lowest BCUT2D eigenvalue weighted by atomic mass is 9.86. The molecule has 26 heavy (non-hydrogen) atoms. The highest BCUT2D eigenvalue weighted by molar-refractivity contribution is 5.83. The minimum atomic E-state index is -0.322. The first-order chi connectivity index (χ1) is 12.7. The Morgan fingerprint density at radius 3 is 2.73 bits per heavy atom. The lowest BCUT2D eigenvalue weighted by Gasteiger charge is -2.36. The summed E-state index contributed by atoms with van der Waals surface area (Å²) >= 11 is 0. The second-order valence-electron chi connectivity index (χ2n) is 7.31. The van der Waals surface area contributed by atoms with Crippen LogP contribution in [0.5, 0.6) is 0 Å². The van der Waals surface area contributed by atoms with E-state index in [0.717, 1.165) is 38.2 Å². The van der Waals surface area contributed by atoms with Crippen LogP contribution < -0.4 is 0 Å². The number of hydrogen-bond donors (Lipinski definition) is 1. The number of likely N-dealkylation sites (tertiary alicyclic amines) is 1. The molecule has 1 aromatic heterocycles. The predicted octanol–water partition coefficient (Wildman–Crippen LogP) is 4.15. The third kappa shape index (κ3) is 3.64. The average Bonchev–Trinajstić information content (AvgIpc) is 2.68. The first kappa shape index (κ1) is 17.2. The van der Waals surface area contributed by atoms with E-state index in [-0.39, 0.29) is 12.0 Å². The number of piperidine rings is 1. The van der Waals surface area contributed by atoms with Gasteiger partial charge in [0, 0.05) is 30.9 Å². The van der Waals surface area contributed by atoms with Crippen molar-refractivity contribution in [2.75, 3.05) is 13.1 Å². The number of fused-ring (bicyclic) bond motifs is 1. The van der Waals surface area contributed by atoms with Gasteiger partial charge >= 0.3 is 0 Å². The number of hydrogen-bond acceptors (Lipinski definition) is 3. The molecule has 1 aliphatic rings. The monoisotopic (exact) mass is 346 g/mol. The van der Waals surface area contributed by atoms with Crippen LogP contribution in [0.2, 0.25) is 0 Å². The molecule has 0 amide bonds. The quantitative estimate of drug-likeness (QED) is 0.771. The molecule has 1 aliphatic heterocycles. The Balaban J connectivity index is 1.45. The fourth-order valence-electron chi connectivity index (χ4n) is 4.05. The van der Waals surface area contributed by atoms with Crippen LogP contribution in [0.3, 0.4) is 0 Å². The SMILES string of the molecule is CCc1cc(CN2CCC(c3ccc4ccccc4c3)C(O)C2)ccn1. The van der Waals surface area contributed by atoms with Crippen LogP contribution >= 0.6 is 0 Å². The van der Waals surface area contributed by atoms with Gasteiger partial charge in [0.25, 0.3) is 0 Å².